The summed E-state index contributed by atoms with van der Waals surface area (Å²) in [6.07, 6.45) is 5.64. The quantitative estimate of drug-likeness (QED) is 0.800. The van der Waals surface area contributed by atoms with E-state index in [4.69, 9.17) is 4.74 Å². The van der Waals surface area contributed by atoms with Gasteiger partial charge in [-0.25, -0.2) is 0 Å². The third kappa shape index (κ3) is 3.51. The van der Waals surface area contributed by atoms with Crippen molar-refractivity contribution in [2.24, 2.45) is 5.92 Å². The molecule has 0 radical (unpaired) electrons. The zero-order chi connectivity index (χ0) is 13.6. The van der Waals surface area contributed by atoms with E-state index in [0.717, 1.165) is 31.4 Å². The van der Waals surface area contributed by atoms with Crippen LogP contribution >= 0.6 is 0 Å². The fraction of sp³-hybridized carbons (Fsp3) is 0.444. The summed E-state index contributed by atoms with van der Waals surface area (Å²) < 4.78 is 5.82. The minimum Gasteiger partial charge on any atom is -0.492 e. The second kappa shape index (κ2) is 6.76. The van der Waals surface area contributed by atoms with Crippen molar-refractivity contribution in [1.82, 2.24) is 5.32 Å². The van der Waals surface area contributed by atoms with Crippen LogP contribution in [-0.4, -0.2) is 19.7 Å². The van der Waals surface area contributed by atoms with Crippen molar-refractivity contribution in [2.45, 2.75) is 25.7 Å². The lowest BCUT2D eigenvalue weighted by molar-refractivity contribution is 0.309. The highest BCUT2D eigenvalue weighted by atomic mass is 16.5. The Morgan fingerprint density at radius 3 is 2.65 bits per heavy atom. The van der Waals surface area contributed by atoms with Gasteiger partial charge in [0.1, 0.15) is 12.4 Å². The molecule has 0 bridgehead atoms. The van der Waals surface area contributed by atoms with Crippen LogP contribution in [0.2, 0.25) is 0 Å². The summed E-state index contributed by atoms with van der Waals surface area (Å²) in [6.45, 7) is 2.83. The smallest absolute Gasteiger partial charge is 0.120 e. The first-order chi connectivity index (χ1) is 9.92. The molecule has 0 aliphatic heterocycles. The Kier molecular flexibility index (Phi) is 4.54. The molecule has 1 saturated carbocycles. The van der Waals surface area contributed by atoms with Gasteiger partial charge in [0.2, 0.25) is 0 Å². The van der Waals surface area contributed by atoms with Crippen LogP contribution in [0.15, 0.2) is 42.5 Å². The largest absolute Gasteiger partial charge is 0.492 e. The SMILES string of the molecule is c1ccc2cc(OCCNCC3CCCC3)ccc2c1. The molecule has 0 aromatic heterocycles. The standard InChI is InChI=1S/C18H23NO/c1-2-6-15(5-1)14-19-11-12-20-18-10-9-16-7-3-4-8-17(16)13-18/h3-4,7-10,13,15,19H,1-2,5-6,11-12,14H2. The predicted octanol–water partition coefficient (Wildman–Crippen LogP) is 4.00. The van der Waals surface area contributed by atoms with Crippen LogP contribution in [0.5, 0.6) is 5.75 Å². The maximum Gasteiger partial charge on any atom is 0.120 e. The molecule has 0 amide bonds. The molecule has 106 valence electrons. The van der Waals surface area contributed by atoms with Gasteiger partial charge in [-0.2, -0.15) is 0 Å². The van der Waals surface area contributed by atoms with Crippen LogP contribution < -0.4 is 10.1 Å². The lowest BCUT2D eigenvalue weighted by Gasteiger charge is -2.11. The minimum atomic E-state index is 0.741. The van der Waals surface area contributed by atoms with Crippen LogP contribution in [0.3, 0.4) is 0 Å². The summed E-state index contributed by atoms with van der Waals surface area (Å²) in [5, 5.41) is 6.01. The van der Waals surface area contributed by atoms with E-state index in [9.17, 15) is 0 Å². The Bertz CT molecular complexity index is 546. The van der Waals surface area contributed by atoms with Crippen molar-refractivity contribution >= 4 is 10.8 Å². The average Bonchev–Trinajstić information content (AvgIpc) is 3.00. The maximum atomic E-state index is 5.82. The van der Waals surface area contributed by atoms with Gasteiger partial charge >= 0.3 is 0 Å². The molecule has 1 aliphatic rings. The zero-order valence-electron chi connectivity index (χ0n) is 12.0. The second-order valence-electron chi connectivity index (χ2n) is 5.71. The average molecular weight is 269 g/mol. The normalized spacial score (nSPS) is 15.8. The fourth-order valence-electron chi connectivity index (χ4n) is 3.02. The molecule has 0 unspecified atom stereocenters. The number of ether oxygens (including phenoxy) is 1. The summed E-state index contributed by atoms with van der Waals surface area (Å²) in [4.78, 5) is 0. The van der Waals surface area contributed by atoms with Crippen LogP contribution in [0.25, 0.3) is 10.8 Å². The first-order valence-electron chi connectivity index (χ1n) is 7.74. The minimum absolute atomic E-state index is 0.741. The van der Waals surface area contributed by atoms with Gasteiger partial charge in [0.15, 0.2) is 0 Å². The van der Waals surface area contributed by atoms with E-state index in [1.807, 2.05) is 0 Å². The third-order valence-electron chi connectivity index (χ3n) is 4.18. The number of benzene rings is 2. The Hall–Kier alpha value is -1.54. The molecule has 2 heteroatoms. The molecule has 3 rings (SSSR count). The number of fused-ring (bicyclic) bond motifs is 1. The zero-order valence-corrected chi connectivity index (χ0v) is 12.0. The monoisotopic (exact) mass is 269 g/mol. The Balaban J connectivity index is 1.42. The summed E-state index contributed by atoms with van der Waals surface area (Å²) in [5.41, 5.74) is 0. The molecule has 2 aromatic rings. The van der Waals surface area contributed by atoms with Crippen molar-refractivity contribution in [2.75, 3.05) is 19.7 Å². The van der Waals surface area contributed by atoms with E-state index in [0.29, 0.717) is 0 Å². The predicted molar refractivity (Wildman–Crippen MR) is 84.3 cm³/mol. The second-order valence-corrected chi connectivity index (χ2v) is 5.71. The molecule has 0 spiro atoms. The van der Waals surface area contributed by atoms with Gasteiger partial charge in [-0.05, 0) is 48.2 Å². The van der Waals surface area contributed by atoms with Crippen LogP contribution in [0, 0.1) is 5.92 Å². The molecule has 2 aromatic carbocycles. The number of hydrogen-bond acceptors (Lipinski definition) is 2. The molecular formula is C18H23NO. The molecule has 1 fully saturated rings. The van der Waals surface area contributed by atoms with Gasteiger partial charge in [0.05, 0.1) is 0 Å². The highest BCUT2D eigenvalue weighted by Gasteiger charge is 2.13. The molecule has 2 nitrogen and oxygen atoms in total. The van der Waals surface area contributed by atoms with E-state index in [1.54, 1.807) is 0 Å². The Labute approximate surface area is 121 Å². The summed E-state index contributed by atoms with van der Waals surface area (Å²) in [6, 6.07) is 14.7. The van der Waals surface area contributed by atoms with Gasteiger partial charge in [0, 0.05) is 6.54 Å². The van der Waals surface area contributed by atoms with Gasteiger partial charge in [-0.3, -0.25) is 0 Å². The van der Waals surface area contributed by atoms with Crippen molar-refractivity contribution in [3.05, 3.63) is 42.5 Å². The summed E-state index contributed by atoms with van der Waals surface area (Å²) >= 11 is 0. The molecule has 1 N–H and O–H groups in total. The molecule has 1 aliphatic carbocycles. The van der Waals surface area contributed by atoms with Crippen molar-refractivity contribution in [3.63, 3.8) is 0 Å². The van der Waals surface area contributed by atoms with E-state index in [1.165, 1.54) is 36.5 Å². The molecule has 20 heavy (non-hydrogen) atoms. The van der Waals surface area contributed by atoms with Crippen LogP contribution in [-0.2, 0) is 0 Å². The maximum absolute atomic E-state index is 5.82. The summed E-state index contributed by atoms with van der Waals surface area (Å²) in [7, 11) is 0. The van der Waals surface area contributed by atoms with Crippen LogP contribution in [0.1, 0.15) is 25.7 Å². The van der Waals surface area contributed by atoms with Crippen molar-refractivity contribution in [3.8, 4) is 5.75 Å². The highest BCUT2D eigenvalue weighted by molar-refractivity contribution is 5.83. The van der Waals surface area contributed by atoms with E-state index >= 15 is 0 Å². The Morgan fingerprint density at radius 1 is 1.00 bits per heavy atom. The molecule has 0 heterocycles. The highest BCUT2D eigenvalue weighted by Crippen LogP contribution is 2.23. The lowest BCUT2D eigenvalue weighted by Crippen LogP contribution is -2.26. The molecule has 0 atom stereocenters. The van der Waals surface area contributed by atoms with Crippen molar-refractivity contribution in [1.29, 1.82) is 0 Å². The lowest BCUT2D eigenvalue weighted by atomic mass is 10.1. The van der Waals surface area contributed by atoms with Gasteiger partial charge in [-0.15, -0.1) is 0 Å². The van der Waals surface area contributed by atoms with Crippen LogP contribution in [0.4, 0.5) is 0 Å². The summed E-state index contributed by atoms with van der Waals surface area (Å²) in [5.74, 6) is 1.86. The molecular weight excluding hydrogens is 246 g/mol. The Morgan fingerprint density at radius 2 is 1.80 bits per heavy atom. The third-order valence-corrected chi connectivity index (χ3v) is 4.18. The number of rotatable bonds is 6. The van der Waals surface area contributed by atoms with Crippen molar-refractivity contribution < 1.29 is 4.74 Å². The molecule has 0 saturated heterocycles. The van der Waals surface area contributed by atoms with E-state index in [2.05, 4.69) is 47.8 Å². The number of hydrogen-bond donors (Lipinski definition) is 1. The first kappa shape index (κ1) is 13.4. The fourth-order valence-corrected chi connectivity index (χ4v) is 3.02. The van der Waals surface area contributed by atoms with E-state index < -0.39 is 0 Å². The first-order valence-corrected chi connectivity index (χ1v) is 7.74. The van der Waals surface area contributed by atoms with Gasteiger partial charge < -0.3 is 10.1 Å². The van der Waals surface area contributed by atoms with Gasteiger partial charge in [0.25, 0.3) is 0 Å². The van der Waals surface area contributed by atoms with E-state index in [-0.39, 0.29) is 0 Å². The number of nitrogens with one attached hydrogen (secondary N) is 1. The van der Waals surface area contributed by atoms with Gasteiger partial charge in [-0.1, -0.05) is 43.2 Å². The topological polar surface area (TPSA) is 21.3 Å².